The van der Waals surface area contributed by atoms with Gasteiger partial charge in [0, 0.05) is 13.2 Å². The molecule has 0 spiro atoms. The van der Waals surface area contributed by atoms with Gasteiger partial charge in [0.2, 0.25) is 0 Å². The molecule has 1 aromatic rings. The molecule has 0 aliphatic rings. The van der Waals surface area contributed by atoms with Crippen LogP contribution < -0.4 is 5.32 Å². The van der Waals surface area contributed by atoms with Crippen molar-refractivity contribution in [3.63, 3.8) is 0 Å². The maximum atomic E-state index is 11.9. The Morgan fingerprint density at radius 3 is 2.45 bits per heavy atom. The number of benzene rings is 1. The summed E-state index contributed by atoms with van der Waals surface area (Å²) in [4.78, 5) is 22.9. The van der Waals surface area contributed by atoms with Crippen molar-refractivity contribution in [2.24, 2.45) is 0 Å². The molecule has 0 atom stereocenters. The summed E-state index contributed by atoms with van der Waals surface area (Å²) < 4.78 is 5.39. The summed E-state index contributed by atoms with van der Waals surface area (Å²) in [7, 11) is 0. The van der Waals surface area contributed by atoms with Gasteiger partial charge in [-0.15, -0.1) is 0 Å². The highest BCUT2D eigenvalue weighted by Gasteiger charge is 2.14. The van der Waals surface area contributed by atoms with Gasteiger partial charge in [-0.3, -0.25) is 4.79 Å². The average Bonchev–Trinajstić information content (AvgIpc) is 2.42. The van der Waals surface area contributed by atoms with Crippen LogP contribution in [0, 0.1) is 0 Å². The van der Waals surface area contributed by atoms with Gasteiger partial charge in [0.25, 0.3) is 5.91 Å². The SMILES string of the molecule is CC(C)OCCCCNC(=O)c1ccccc1C(=O)O. The van der Waals surface area contributed by atoms with E-state index in [1.54, 1.807) is 12.1 Å². The van der Waals surface area contributed by atoms with E-state index in [4.69, 9.17) is 9.84 Å². The van der Waals surface area contributed by atoms with Gasteiger partial charge in [-0.1, -0.05) is 12.1 Å². The van der Waals surface area contributed by atoms with Gasteiger partial charge in [0.15, 0.2) is 0 Å². The van der Waals surface area contributed by atoms with Crippen LogP contribution in [0.3, 0.4) is 0 Å². The lowest BCUT2D eigenvalue weighted by Crippen LogP contribution is -2.26. The highest BCUT2D eigenvalue weighted by atomic mass is 16.5. The van der Waals surface area contributed by atoms with Crippen LogP contribution >= 0.6 is 0 Å². The van der Waals surface area contributed by atoms with Gasteiger partial charge >= 0.3 is 5.97 Å². The Balaban J connectivity index is 2.38. The van der Waals surface area contributed by atoms with E-state index in [0.717, 1.165) is 12.8 Å². The summed E-state index contributed by atoms with van der Waals surface area (Å²) >= 11 is 0. The van der Waals surface area contributed by atoms with Crippen molar-refractivity contribution < 1.29 is 19.4 Å². The van der Waals surface area contributed by atoms with Crippen LogP contribution in [0.2, 0.25) is 0 Å². The number of amides is 1. The fourth-order valence-corrected chi connectivity index (χ4v) is 1.71. The zero-order valence-electron chi connectivity index (χ0n) is 11.9. The summed E-state index contributed by atoms with van der Waals surface area (Å²) in [6.07, 6.45) is 1.87. The van der Waals surface area contributed by atoms with E-state index in [2.05, 4.69) is 5.32 Å². The molecule has 0 radical (unpaired) electrons. The number of aromatic carboxylic acids is 1. The van der Waals surface area contributed by atoms with Crippen molar-refractivity contribution in [1.82, 2.24) is 5.32 Å². The zero-order valence-corrected chi connectivity index (χ0v) is 11.9. The smallest absolute Gasteiger partial charge is 0.336 e. The minimum atomic E-state index is -1.10. The molecule has 1 rings (SSSR count). The summed E-state index contributed by atoms with van der Waals surface area (Å²) in [5.41, 5.74) is 0.214. The van der Waals surface area contributed by atoms with Crippen molar-refractivity contribution in [3.05, 3.63) is 35.4 Å². The third-order valence-electron chi connectivity index (χ3n) is 2.71. The summed E-state index contributed by atoms with van der Waals surface area (Å²) in [6, 6.07) is 6.19. The van der Waals surface area contributed by atoms with E-state index >= 15 is 0 Å². The number of carboxylic acid groups (broad SMARTS) is 1. The van der Waals surface area contributed by atoms with Crippen LogP contribution in [0.25, 0.3) is 0 Å². The molecule has 110 valence electrons. The molecular weight excluding hydrogens is 258 g/mol. The second kappa shape index (κ2) is 8.32. The predicted octanol–water partition coefficient (Wildman–Crippen LogP) is 2.32. The highest BCUT2D eigenvalue weighted by molar-refractivity contribution is 6.04. The first kappa shape index (κ1) is 16.2. The minimum absolute atomic E-state index is 0.0214. The van der Waals surface area contributed by atoms with Crippen LogP contribution in [0.15, 0.2) is 24.3 Å². The number of unbranched alkanes of at least 4 members (excludes halogenated alkanes) is 1. The monoisotopic (exact) mass is 279 g/mol. The van der Waals surface area contributed by atoms with Crippen molar-refractivity contribution in [2.75, 3.05) is 13.2 Å². The second-order valence-electron chi connectivity index (χ2n) is 4.73. The summed E-state index contributed by atoms with van der Waals surface area (Å²) in [5, 5.41) is 11.7. The molecule has 0 saturated carbocycles. The predicted molar refractivity (Wildman–Crippen MR) is 76.1 cm³/mol. The second-order valence-corrected chi connectivity index (χ2v) is 4.73. The molecule has 20 heavy (non-hydrogen) atoms. The van der Waals surface area contributed by atoms with Crippen LogP contribution in [0.5, 0.6) is 0 Å². The maximum absolute atomic E-state index is 11.9. The summed E-state index contributed by atoms with van der Waals surface area (Å²) in [6.45, 7) is 5.13. The van der Waals surface area contributed by atoms with Crippen molar-refractivity contribution in [1.29, 1.82) is 0 Å². The van der Waals surface area contributed by atoms with Crippen LogP contribution in [-0.2, 0) is 4.74 Å². The van der Waals surface area contributed by atoms with Gasteiger partial charge in [0.05, 0.1) is 17.2 Å². The van der Waals surface area contributed by atoms with Crippen molar-refractivity contribution in [3.8, 4) is 0 Å². The molecule has 0 aliphatic heterocycles. The van der Waals surface area contributed by atoms with Gasteiger partial charge in [-0.2, -0.15) is 0 Å². The number of hydrogen-bond acceptors (Lipinski definition) is 3. The zero-order chi connectivity index (χ0) is 15.0. The molecule has 5 heteroatoms. The molecule has 2 N–H and O–H groups in total. The Morgan fingerprint density at radius 1 is 1.20 bits per heavy atom. The average molecular weight is 279 g/mol. The number of carbonyl (C=O) groups excluding carboxylic acids is 1. The molecule has 0 aromatic heterocycles. The highest BCUT2D eigenvalue weighted by Crippen LogP contribution is 2.08. The summed E-state index contributed by atoms with van der Waals surface area (Å²) in [5.74, 6) is -1.45. The molecule has 0 saturated heterocycles. The fraction of sp³-hybridized carbons (Fsp3) is 0.467. The largest absolute Gasteiger partial charge is 0.478 e. The maximum Gasteiger partial charge on any atom is 0.336 e. The number of hydrogen-bond donors (Lipinski definition) is 2. The Labute approximate surface area is 118 Å². The van der Waals surface area contributed by atoms with E-state index in [-0.39, 0.29) is 23.1 Å². The Morgan fingerprint density at radius 2 is 1.85 bits per heavy atom. The molecule has 0 bridgehead atoms. The minimum Gasteiger partial charge on any atom is -0.478 e. The van der Waals surface area contributed by atoms with Gasteiger partial charge in [-0.25, -0.2) is 4.79 Å². The molecule has 5 nitrogen and oxygen atoms in total. The lowest BCUT2D eigenvalue weighted by molar-refractivity contribution is 0.0691. The first-order valence-corrected chi connectivity index (χ1v) is 6.74. The van der Waals surface area contributed by atoms with Crippen LogP contribution in [-0.4, -0.2) is 36.2 Å². The molecular formula is C15H21NO4. The number of carboxylic acids is 1. The van der Waals surface area contributed by atoms with Crippen LogP contribution in [0.1, 0.15) is 47.4 Å². The molecule has 0 heterocycles. The lowest BCUT2D eigenvalue weighted by Gasteiger charge is -2.09. The Hall–Kier alpha value is -1.88. The first-order chi connectivity index (χ1) is 9.52. The van der Waals surface area contributed by atoms with Gasteiger partial charge in [-0.05, 0) is 38.8 Å². The van der Waals surface area contributed by atoms with E-state index in [1.807, 2.05) is 13.8 Å². The molecule has 0 aliphatic carbocycles. The standard InChI is InChI=1S/C15H21NO4/c1-11(2)20-10-6-5-9-16-14(17)12-7-3-4-8-13(12)15(18)19/h3-4,7-8,11H,5-6,9-10H2,1-2H3,(H,16,17)(H,18,19). The third kappa shape index (κ3) is 5.40. The molecule has 1 amide bonds. The number of nitrogens with one attached hydrogen (secondary N) is 1. The quantitative estimate of drug-likeness (QED) is 0.716. The first-order valence-electron chi connectivity index (χ1n) is 6.74. The Kier molecular flexibility index (Phi) is 6.73. The number of carbonyl (C=O) groups is 2. The fourth-order valence-electron chi connectivity index (χ4n) is 1.71. The molecule has 0 unspecified atom stereocenters. The lowest BCUT2D eigenvalue weighted by atomic mass is 10.1. The van der Waals surface area contributed by atoms with E-state index in [9.17, 15) is 9.59 Å². The topological polar surface area (TPSA) is 75.6 Å². The van der Waals surface area contributed by atoms with Crippen molar-refractivity contribution >= 4 is 11.9 Å². The van der Waals surface area contributed by atoms with Crippen LogP contribution in [0.4, 0.5) is 0 Å². The van der Waals surface area contributed by atoms with Crippen molar-refractivity contribution in [2.45, 2.75) is 32.8 Å². The number of ether oxygens (including phenoxy) is 1. The molecule has 1 aromatic carbocycles. The normalized spacial score (nSPS) is 10.6. The Bertz CT molecular complexity index is 457. The third-order valence-corrected chi connectivity index (χ3v) is 2.71. The van der Waals surface area contributed by atoms with E-state index < -0.39 is 5.97 Å². The van der Waals surface area contributed by atoms with Gasteiger partial charge in [0.1, 0.15) is 0 Å². The van der Waals surface area contributed by atoms with E-state index in [0.29, 0.717) is 13.2 Å². The van der Waals surface area contributed by atoms with Gasteiger partial charge < -0.3 is 15.2 Å². The van der Waals surface area contributed by atoms with E-state index in [1.165, 1.54) is 12.1 Å². The molecule has 0 fully saturated rings. The number of rotatable bonds is 8.